The highest BCUT2D eigenvalue weighted by Gasteiger charge is 2.35. The minimum Gasteiger partial charge on any atom is -0.200 e. The molecule has 1 saturated carbocycles. The van der Waals surface area contributed by atoms with Crippen molar-refractivity contribution >= 4 is 40.1 Å². The summed E-state index contributed by atoms with van der Waals surface area (Å²) in [4.78, 5) is 0. The molecule has 1 aliphatic carbocycles. The molecule has 0 saturated heterocycles. The standard InChI is InChI=1S/C32H37NP/c1-6-32(7-2)15-12-22(13-16-32)25-18-24-14-17-33(4)31-29-21(3)26-11-9-8-10-23(26)19-27(29)34(5)28(20-25)30(24)31/h8-11,14,17-20,22H,6-7,12-13,15-16H2,1-5H3/q+1. The maximum absolute atomic E-state index is 2.63. The van der Waals surface area contributed by atoms with Gasteiger partial charge in [0.25, 0.3) is 0 Å². The van der Waals surface area contributed by atoms with Crippen LogP contribution in [0.25, 0.3) is 32.8 Å². The predicted octanol–water partition coefficient (Wildman–Crippen LogP) is 7.63. The number of fused-ring (bicyclic) bond motifs is 3. The van der Waals surface area contributed by atoms with Gasteiger partial charge in [0.05, 0.1) is 10.9 Å². The third-order valence-electron chi connectivity index (χ3n) is 9.50. The van der Waals surface area contributed by atoms with E-state index in [0.29, 0.717) is 11.3 Å². The van der Waals surface area contributed by atoms with E-state index in [-0.39, 0.29) is 0 Å². The molecule has 0 radical (unpaired) electrons. The van der Waals surface area contributed by atoms with Crippen molar-refractivity contribution in [1.29, 1.82) is 0 Å². The Balaban J connectivity index is 1.54. The summed E-state index contributed by atoms with van der Waals surface area (Å²) in [5.41, 5.74) is 6.52. The van der Waals surface area contributed by atoms with E-state index in [1.807, 2.05) is 0 Å². The number of hydrogen-bond acceptors (Lipinski definition) is 0. The molecule has 0 spiro atoms. The van der Waals surface area contributed by atoms with Gasteiger partial charge in [-0.2, -0.15) is 0 Å². The Morgan fingerprint density at radius 3 is 2.41 bits per heavy atom. The monoisotopic (exact) mass is 466 g/mol. The molecule has 1 unspecified atom stereocenters. The van der Waals surface area contributed by atoms with Gasteiger partial charge < -0.3 is 0 Å². The lowest BCUT2D eigenvalue weighted by atomic mass is 9.66. The van der Waals surface area contributed by atoms with E-state index in [4.69, 9.17) is 0 Å². The first-order valence-electron chi connectivity index (χ1n) is 13.2. The zero-order chi connectivity index (χ0) is 23.6. The van der Waals surface area contributed by atoms with Gasteiger partial charge in [0.1, 0.15) is 7.05 Å². The van der Waals surface area contributed by atoms with Crippen LogP contribution < -0.4 is 15.2 Å². The van der Waals surface area contributed by atoms with Crippen molar-refractivity contribution in [3.8, 4) is 11.3 Å². The van der Waals surface area contributed by atoms with Crippen LogP contribution in [0.1, 0.15) is 69.4 Å². The van der Waals surface area contributed by atoms with Gasteiger partial charge in [-0.05, 0) is 109 Å². The molecule has 1 aromatic heterocycles. The number of aromatic nitrogens is 1. The van der Waals surface area contributed by atoms with Crippen molar-refractivity contribution < 1.29 is 4.57 Å². The van der Waals surface area contributed by atoms with Gasteiger partial charge in [0, 0.05) is 6.07 Å². The van der Waals surface area contributed by atoms with Crippen molar-refractivity contribution in [1.82, 2.24) is 0 Å². The van der Waals surface area contributed by atoms with Crippen LogP contribution in [0.3, 0.4) is 0 Å². The van der Waals surface area contributed by atoms with Gasteiger partial charge >= 0.3 is 0 Å². The first-order chi connectivity index (χ1) is 16.5. The highest BCUT2D eigenvalue weighted by atomic mass is 31.1. The van der Waals surface area contributed by atoms with E-state index >= 15 is 0 Å². The summed E-state index contributed by atoms with van der Waals surface area (Å²) in [5.74, 6) is 0.715. The van der Waals surface area contributed by atoms with Crippen LogP contribution in [0.15, 0.2) is 54.7 Å². The number of hydrogen-bond donors (Lipinski definition) is 0. The second kappa shape index (κ2) is 8.17. The van der Waals surface area contributed by atoms with E-state index < -0.39 is 7.92 Å². The molecule has 3 aromatic carbocycles. The molecule has 34 heavy (non-hydrogen) atoms. The van der Waals surface area contributed by atoms with Crippen LogP contribution in [0.2, 0.25) is 0 Å². The van der Waals surface area contributed by atoms with Crippen LogP contribution in [-0.2, 0) is 7.05 Å². The number of pyridine rings is 1. The molecule has 0 amide bonds. The number of nitrogens with zero attached hydrogens (tertiary/aromatic N) is 1. The summed E-state index contributed by atoms with van der Waals surface area (Å²) < 4.78 is 2.37. The van der Waals surface area contributed by atoms with Crippen molar-refractivity contribution in [2.75, 3.05) is 6.66 Å². The Morgan fingerprint density at radius 1 is 0.941 bits per heavy atom. The molecular formula is C32H37NP+. The normalized spacial score (nSPS) is 19.5. The average molecular weight is 467 g/mol. The zero-order valence-electron chi connectivity index (χ0n) is 21.4. The van der Waals surface area contributed by atoms with E-state index in [0.717, 1.165) is 0 Å². The molecular weight excluding hydrogens is 429 g/mol. The smallest absolute Gasteiger partial charge is 0.200 e. The lowest BCUT2D eigenvalue weighted by molar-refractivity contribution is -0.659. The number of benzene rings is 3. The second-order valence-corrected chi connectivity index (χ2v) is 13.0. The van der Waals surface area contributed by atoms with Gasteiger partial charge in [-0.1, -0.05) is 57.0 Å². The second-order valence-electron chi connectivity index (χ2n) is 10.9. The van der Waals surface area contributed by atoms with Crippen molar-refractivity contribution in [3.05, 3.63) is 65.9 Å². The van der Waals surface area contributed by atoms with Crippen LogP contribution in [0.5, 0.6) is 0 Å². The predicted molar refractivity (Wildman–Crippen MR) is 149 cm³/mol. The van der Waals surface area contributed by atoms with E-state index in [1.54, 1.807) is 16.2 Å². The van der Waals surface area contributed by atoms with Gasteiger partial charge in [-0.25, -0.2) is 4.57 Å². The first kappa shape index (κ1) is 22.2. The highest BCUT2D eigenvalue weighted by Crippen LogP contribution is 2.49. The van der Waals surface area contributed by atoms with E-state index in [9.17, 15) is 0 Å². The third-order valence-corrected chi connectivity index (χ3v) is 11.7. The SMILES string of the molecule is CCC1(CC)CCC(c2cc3c4c([n+](C)ccc4c2)-c2c(cc4ccccc4c2C)P3C)CC1. The molecule has 1 atom stereocenters. The van der Waals surface area contributed by atoms with Gasteiger partial charge in [-0.15, -0.1) is 0 Å². The van der Waals surface area contributed by atoms with Crippen molar-refractivity contribution in [3.63, 3.8) is 0 Å². The van der Waals surface area contributed by atoms with Gasteiger partial charge in [0.15, 0.2) is 6.20 Å². The minimum absolute atomic E-state index is 0.390. The summed E-state index contributed by atoms with van der Waals surface area (Å²) in [7, 11) is 1.84. The maximum atomic E-state index is 2.63. The molecule has 2 aliphatic rings. The first-order valence-corrected chi connectivity index (χ1v) is 15.0. The van der Waals surface area contributed by atoms with Gasteiger partial charge in [0.2, 0.25) is 5.69 Å². The lowest BCUT2D eigenvalue weighted by Gasteiger charge is -2.39. The highest BCUT2D eigenvalue weighted by molar-refractivity contribution is 7.73. The van der Waals surface area contributed by atoms with Crippen LogP contribution in [-0.4, -0.2) is 6.66 Å². The fourth-order valence-electron chi connectivity index (χ4n) is 7.03. The van der Waals surface area contributed by atoms with Crippen LogP contribution in [0, 0.1) is 12.3 Å². The largest absolute Gasteiger partial charge is 0.221 e. The van der Waals surface area contributed by atoms with Crippen LogP contribution >= 0.6 is 7.92 Å². The Bertz CT molecular complexity index is 1420. The van der Waals surface area contributed by atoms with E-state index in [2.05, 4.69) is 93.8 Å². The molecule has 0 N–H and O–H groups in total. The molecule has 2 heteroatoms. The maximum Gasteiger partial charge on any atom is 0.221 e. The third kappa shape index (κ3) is 3.20. The molecule has 0 bridgehead atoms. The minimum atomic E-state index is -0.390. The fourth-order valence-corrected chi connectivity index (χ4v) is 9.14. The number of aryl methyl sites for hydroxylation is 2. The molecule has 1 nitrogen and oxygen atoms in total. The quantitative estimate of drug-likeness (QED) is 0.216. The summed E-state index contributed by atoms with van der Waals surface area (Å²) in [5, 5.41) is 8.86. The fraction of sp³-hybridized carbons (Fsp3) is 0.406. The summed E-state index contributed by atoms with van der Waals surface area (Å²) >= 11 is 0. The average Bonchev–Trinajstić information content (AvgIpc) is 2.88. The Morgan fingerprint density at radius 2 is 1.68 bits per heavy atom. The van der Waals surface area contributed by atoms with Crippen molar-refractivity contribution in [2.45, 2.75) is 65.2 Å². The zero-order valence-corrected chi connectivity index (χ0v) is 22.3. The molecule has 1 aliphatic heterocycles. The van der Waals surface area contributed by atoms with Crippen molar-refractivity contribution in [2.24, 2.45) is 12.5 Å². The molecule has 2 heterocycles. The molecule has 174 valence electrons. The topological polar surface area (TPSA) is 3.88 Å². The Kier molecular flexibility index (Phi) is 5.34. The summed E-state index contributed by atoms with van der Waals surface area (Å²) in [6.45, 7) is 9.63. The molecule has 4 aromatic rings. The number of rotatable bonds is 3. The molecule has 6 rings (SSSR count). The lowest BCUT2D eigenvalue weighted by Crippen LogP contribution is -2.36. The van der Waals surface area contributed by atoms with Crippen LogP contribution in [0.4, 0.5) is 0 Å². The Hall–Kier alpha value is -2.24. The van der Waals surface area contributed by atoms with Gasteiger partial charge in [-0.3, -0.25) is 0 Å². The van der Waals surface area contributed by atoms with E-state index in [1.165, 1.54) is 76.9 Å². The summed E-state index contributed by atoms with van der Waals surface area (Å²) in [6.07, 6.45) is 10.4. The molecule has 1 fully saturated rings. The Labute approximate surface area is 206 Å². The summed E-state index contributed by atoms with van der Waals surface area (Å²) in [6, 6.07) is 19.0.